The molecule has 2 rings (SSSR count). The normalized spacial score (nSPS) is 10.2. The van der Waals surface area contributed by atoms with Crippen LogP contribution in [0.4, 0.5) is 17.1 Å². The number of amides is 2. The fourth-order valence-corrected chi connectivity index (χ4v) is 2.73. The van der Waals surface area contributed by atoms with E-state index < -0.39 is 23.4 Å². The average Bonchev–Trinajstić information content (AvgIpc) is 2.69. The van der Waals surface area contributed by atoms with Crippen LogP contribution in [-0.4, -0.2) is 29.3 Å². The van der Waals surface area contributed by atoms with Crippen LogP contribution in [0.25, 0.3) is 0 Å². The van der Waals surface area contributed by atoms with Crippen LogP contribution < -0.4 is 10.6 Å². The number of nitrogens with one attached hydrogen (secondary N) is 2. The van der Waals surface area contributed by atoms with Gasteiger partial charge in [0.15, 0.2) is 6.61 Å². The van der Waals surface area contributed by atoms with Crippen LogP contribution in [-0.2, 0) is 19.1 Å². The fraction of sp³-hybridized carbons (Fsp3) is 0.211. The minimum absolute atomic E-state index is 0.0403. The molecule has 11 heteroatoms. The summed E-state index contributed by atoms with van der Waals surface area (Å²) in [6, 6.07) is 9.91. The van der Waals surface area contributed by atoms with Crippen molar-refractivity contribution in [3.05, 3.63) is 62.6 Å². The number of non-ortho nitro benzene ring substituents is 1. The van der Waals surface area contributed by atoms with Crippen molar-refractivity contribution >= 4 is 58.0 Å². The van der Waals surface area contributed by atoms with Crippen molar-refractivity contribution in [1.82, 2.24) is 0 Å². The Labute approximate surface area is 181 Å². The van der Waals surface area contributed by atoms with Crippen LogP contribution in [0.5, 0.6) is 0 Å². The second-order valence-electron chi connectivity index (χ2n) is 6.04. The minimum atomic E-state index is -0.629. The van der Waals surface area contributed by atoms with Crippen LogP contribution in [0.3, 0.4) is 0 Å². The fourth-order valence-electron chi connectivity index (χ4n) is 2.28. The predicted molar refractivity (Wildman–Crippen MR) is 112 cm³/mol. The number of nitro benzene ring substituents is 1. The average molecular weight is 454 g/mol. The first-order chi connectivity index (χ1) is 14.2. The first kappa shape index (κ1) is 23.1. The standard InChI is InChI=1S/C19H17Cl2N3O6/c20-12-4-9-16(15(21)10-12)23-18(26)11-30-19(27)3-1-2-17(25)22-13-5-7-14(8-6-13)24(28)29/h4-10H,1-3,11H2,(H,22,25)(H,23,26). The third-order valence-corrected chi connectivity index (χ3v) is 4.26. The molecule has 0 radical (unpaired) electrons. The van der Waals surface area contributed by atoms with Crippen molar-refractivity contribution in [3.8, 4) is 0 Å². The van der Waals surface area contributed by atoms with E-state index >= 15 is 0 Å². The Balaban J connectivity index is 1.66. The number of carbonyl (C=O) groups excluding carboxylic acids is 3. The van der Waals surface area contributed by atoms with Crippen molar-refractivity contribution in [2.45, 2.75) is 19.3 Å². The third kappa shape index (κ3) is 7.69. The summed E-state index contributed by atoms with van der Waals surface area (Å²) in [6.45, 7) is -0.493. The Bertz CT molecular complexity index is 950. The van der Waals surface area contributed by atoms with E-state index in [2.05, 4.69) is 10.6 Å². The Kier molecular flexibility index (Phi) is 8.57. The van der Waals surface area contributed by atoms with E-state index in [9.17, 15) is 24.5 Å². The van der Waals surface area contributed by atoms with Crippen molar-refractivity contribution < 1.29 is 24.0 Å². The summed E-state index contributed by atoms with van der Waals surface area (Å²) in [5.74, 6) is -1.55. The van der Waals surface area contributed by atoms with E-state index in [1.807, 2.05) is 0 Å². The molecule has 0 heterocycles. The molecular weight excluding hydrogens is 437 g/mol. The van der Waals surface area contributed by atoms with Crippen LogP contribution in [0, 0.1) is 10.1 Å². The van der Waals surface area contributed by atoms with Gasteiger partial charge >= 0.3 is 5.97 Å². The van der Waals surface area contributed by atoms with Crippen LogP contribution >= 0.6 is 23.2 Å². The number of rotatable bonds is 9. The minimum Gasteiger partial charge on any atom is -0.456 e. The van der Waals surface area contributed by atoms with Gasteiger partial charge in [0.1, 0.15) is 0 Å². The lowest BCUT2D eigenvalue weighted by Crippen LogP contribution is -2.21. The summed E-state index contributed by atoms with van der Waals surface area (Å²) in [5.41, 5.74) is 0.661. The number of esters is 1. The molecule has 9 nitrogen and oxygen atoms in total. The van der Waals surface area contributed by atoms with Gasteiger partial charge < -0.3 is 15.4 Å². The monoisotopic (exact) mass is 453 g/mol. The van der Waals surface area contributed by atoms with E-state index in [1.54, 1.807) is 6.07 Å². The number of hydrogen-bond donors (Lipinski definition) is 2. The summed E-state index contributed by atoms with van der Waals surface area (Å²) >= 11 is 11.7. The Morgan fingerprint density at radius 3 is 2.30 bits per heavy atom. The zero-order valence-electron chi connectivity index (χ0n) is 15.5. The van der Waals surface area contributed by atoms with E-state index in [1.165, 1.54) is 36.4 Å². The molecular formula is C19H17Cl2N3O6. The van der Waals surface area contributed by atoms with E-state index in [4.69, 9.17) is 27.9 Å². The molecule has 0 saturated carbocycles. The van der Waals surface area contributed by atoms with Crippen LogP contribution in [0.1, 0.15) is 19.3 Å². The summed E-state index contributed by atoms with van der Waals surface area (Å²) in [4.78, 5) is 45.4. The van der Waals surface area contributed by atoms with Gasteiger partial charge in [-0.1, -0.05) is 23.2 Å². The quantitative estimate of drug-likeness (QED) is 0.332. The van der Waals surface area contributed by atoms with Crippen LogP contribution in [0.15, 0.2) is 42.5 Å². The molecule has 0 aromatic heterocycles. The smallest absolute Gasteiger partial charge is 0.306 e. The Hall–Kier alpha value is -3.17. The molecule has 2 N–H and O–H groups in total. The predicted octanol–water partition coefficient (Wildman–Crippen LogP) is 4.19. The SMILES string of the molecule is O=C(CCCC(=O)OCC(=O)Nc1ccc(Cl)cc1Cl)Nc1ccc([N+](=O)[O-])cc1. The van der Waals surface area contributed by atoms with Gasteiger partial charge in [0.05, 0.1) is 15.6 Å². The molecule has 0 aliphatic carbocycles. The molecule has 0 aliphatic rings. The first-order valence-electron chi connectivity index (χ1n) is 8.69. The number of nitrogens with zero attached hydrogens (tertiary/aromatic N) is 1. The summed E-state index contributed by atoms with van der Waals surface area (Å²) in [5, 5.41) is 16.3. The zero-order chi connectivity index (χ0) is 22.1. The lowest BCUT2D eigenvalue weighted by atomic mass is 10.2. The van der Waals surface area contributed by atoms with Gasteiger partial charge in [0.2, 0.25) is 5.91 Å². The van der Waals surface area contributed by atoms with Crippen molar-refractivity contribution in [3.63, 3.8) is 0 Å². The maximum atomic E-state index is 11.9. The van der Waals surface area contributed by atoms with Gasteiger partial charge in [-0.3, -0.25) is 24.5 Å². The highest BCUT2D eigenvalue weighted by Crippen LogP contribution is 2.25. The van der Waals surface area contributed by atoms with Crippen molar-refractivity contribution in [2.75, 3.05) is 17.2 Å². The maximum Gasteiger partial charge on any atom is 0.306 e. The lowest BCUT2D eigenvalue weighted by molar-refractivity contribution is -0.384. The highest BCUT2D eigenvalue weighted by molar-refractivity contribution is 6.36. The second-order valence-corrected chi connectivity index (χ2v) is 6.88. The number of hydrogen-bond acceptors (Lipinski definition) is 6. The third-order valence-electron chi connectivity index (χ3n) is 3.72. The molecule has 0 saturated heterocycles. The summed E-state index contributed by atoms with van der Waals surface area (Å²) in [6.07, 6.45) is 0.198. The van der Waals surface area contributed by atoms with Crippen molar-refractivity contribution in [2.24, 2.45) is 0 Å². The molecule has 0 atom stereocenters. The van der Waals surface area contributed by atoms with Crippen molar-refractivity contribution in [1.29, 1.82) is 0 Å². The highest BCUT2D eigenvalue weighted by Gasteiger charge is 2.11. The number of carbonyl (C=O) groups is 3. The molecule has 0 aliphatic heterocycles. The topological polar surface area (TPSA) is 128 Å². The zero-order valence-corrected chi connectivity index (χ0v) is 17.0. The van der Waals surface area contributed by atoms with Gasteiger partial charge in [-0.25, -0.2) is 0 Å². The lowest BCUT2D eigenvalue weighted by Gasteiger charge is -2.08. The Morgan fingerprint density at radius 2 is 1.67 bits per heavy atom. The van der Waals surface area contributed by atoms with E-state index in [-0.39, 0.29) is 35.9 Å². The largest absolute Gasteiger partial charge is 0.456 e. The molecule has 2 aromatic carbocycles. The molecule has 0 spiro atoms. The van der Waals surface area contributed by atoms with Gasteiger partial charge in [0.25, 0.3) is 11.6 Å². The van der Waals surface area contributed by atoms with E-state index in [0.717, 1.165) is 0 Å². The van der Waals surface area contributed by atoms with E-state index in [0.29, 0.717) is 16.4 Å². The number of nitro groups is 1. The summed E-state index contributed by atoms with van der Waals surface area (Å²) < 4.78 is 4.86. The maximum absolute atomic E-state index is 11.9. The van der Waals surface area contributed by atoms with Gasteiger partial charge in [-0.05, 0) is 36.8 Å². The molecule has 0 bridgehead atoms. The molecule has 158 valence electrons. The van der Waals surface area contributed by atoms with Gasteiger partial charge in [0, 0.05) is 35.7 Å². The summed E-state index contributed by atoms with van der Waals surface area (Å²) in [7, 11) is 0. The first-order valence-corrected chi connectivity index (χ1v) is 9.45. The second kappa shape index (κ2) is 11.1. The Morgan fingerprint density at radius 1 is 0.967 bits per heavy atom. The number of benzene rings is 2. The molecule has 30 heavy (non-hydrogen) atoms. The molecule has 2 aromatic rings. The number of halogens is 2. The van der Waals surface area contributed by atoms with Crippen LogP contribution in [0.2, 0.25) is 10.0 Å². The molecule has 0 unspecified atom stereocenters. The van der Waals surface area contributed by atoms with Gasteiger partial charge in [-0.2, -0.15) is 0 Å². The number of ether oxygens (including phenoxy) is 1. The number of anilines is 2. The molecule has 0 fully saturated rings. The van der Waals surface area contributed by atoms with Gasteiger partial charge in [-0.15, -0.1) is 0 Å². The molecule has 2 amide bonds. The highest BCUT2D eigenvalue weighted by atomic mass is 35.5.